The summed E-state index contributed by atoms with van der Waals surface area (Å²) in [5.74, 6) is -18.4. The monoisotopic (exact) mass is 556 g/mol. The van der Waals surface area contributed by atoms with Crippen molar-refractivity contribution < 1.29 is 39.9 Å². The third-order valence-corrected chi connectivity index (χ3v) is 7.08. The van der Waals surface area contributed by atoms with Crippen LogP contribution in [0.1, 0.15) is 74.3 Å². The van der Waals surface area contributed by atoms with E-state index >= 15 is 30.7 Å². The van der Waals surface area contributed by atoms with Gasteiger partial charge in [0.25, 0.3) is 5.85 Å². The van der Waals surface area contributed by atoms with Gasteiger partial charge in [0.2, 0.25) is 0 Å². The topological polar surface area (TPSA) is 9.23 Å². The lowest BCUT2D eigenvalue weighted by Crippen LogP contribution is -2.41. The van der Waals surface area contributed by atoms with Crippen molar-refractivity contribution in [1.82, 2.24) is 0 Å². The van der Waals surface area contributed by atoms with Gasteiger partial charge in [-0.2, -0.15) is 22.0 Å². The van der Waals surface area contributed by atoms with Crippen LogP contribution in [-0.4, -0.2) is 0 Å². The molecule has 39 heavy (non-hydrogen) atoms. The molecule has 3 aromatic carbocycles. The average Bonchev–Trinajstić information content (AvgIpc) is 2.86. The Morgan fingerprint density at radius 2 is 1.31 bits per heavy atom. The average molecular weight is 557 g/mol. The maximum absolute atomic E-state index is 15.6. The molecule has 210 valence electrons. The molecule has 1 aliphatic carbocycles. The van der Waals surface area contributed by atoms with Gasteiger partial charge in [0.15, 0.2) is 11.6 Å². The van der Waals surface area contributed by atoms with Gasteiger partial charge in [0, 0.05) is 12.5 Å². The summed E-state index contributed by atoms with van der Waals surface area (Å²) >= 11 is 0. The van der Waals surface area contributed by atoms with Crippen LogP contribution in [0, 0.1) is 17.5 Å². The molecule has 1 nitrogen and oxygen atoms in total. The minimum absolute atomic E-state index is 0.0458. The van der Waals surface area contributed by atoms with E-state index in [1.54, 1.807) is 6.92 Å². The molecule has 1 aliphatic rings. The molecule has 0 aliphatic heterocycles. The van der Waals surface area contributed by atoms with Crippen LogP contribution in [0.25, 0.3) is 11.1 Å². The van der Waals surface area contributed by atoms with Gasteiger partial charge < -0.3 is 4.74 Å². The van der Waals surface area contributed by atoms with E-state index in [0.717, 1.165) is 50.5 Å². The number of rotatable bonds is 9. The second-order valence-corrected chi connectivity index (χ2v) is 9.94. The van der Waals surface area contributed by atoms with Gasteiger partial charge in [-0.25, -0.2) is 13.2 Å². The van der Waals surface area contributed by atoms with E-state index in [0.29, 0.717) is 18.4 Å². The first kappa shape index (κ1) is 28.9. The molecule has 1 atom stereocenters. The first-order valence-electron chi connectivity index (χ1n) is 12.9. The van der Waals surface area contributed by atoms with Gasteiger partial charge >= 0.3 is 11.8 Å². The van der Waals surface area contributed by atoms with Crippen LogP contribution in [0.15, 0.2) is 42.5 Å². The molecule has 0 saturated heterocycles. The molecule has 0 N–H and O–H groups in total. The molecular weight excluding hydrogens is 528 g/mol. The fourth-order valence-corrected chi connectivity index (χ4v) is 4.95. The van der Waals surface area contributed by atoms with E-state index < -0.39 is 63.2 Å². The summed E-state index contributed by atoms with van der Waals surface area (Å²) < 4.78 is 126. The summed E-state index contributed by atoms with van der Waals surface area (Å²) in [5, 5.41) is 0. The standard InChI is InChI=1S/C30H28F8O/c1-4-6-7-9-17-10-12-19(16-22(17)31)28(3,34)39-23-15-14-21-20-13-11-18(8-5-2)26(32)24(20)29(35,36)30(37,38)25(21)27(23)33/h10-16H,4-9H2,1-3H3. The summed E-state index contributed by atoms with van der Waals surface area (Å²) in [6.07, 6.45) is 3.38. The van der Waals surface area contributed by atoms with Gasteiger partial charge in [0.05, 0.1) is 11.1 Å². The van der Waals surface area contributed by atoms with Crippen molar-refractivity contribution in [3.8, 4) is 16.9 Å². The van der Waals surface area contributed by atoms with Gasteiger partial charge in [-0.15, -0.1) is 0 Å². The predicted octanol–water partition coefficient (Wildman–Crippen LogP) is 9.87. The van der Waals surface area contributed by atoms with Gasteiger partial charge in [-0.3, -0.25) is 0 Å². The lowest BCUT2D eigenvalue weighted by molar-refractivity contribution is -0.228. The maximum atomic E-state index is 15.6. The predicted molar refractivity (Wildman–Crippen MR) is 132 cm³/mol. The van der Waals surface area contributed by atoms with Crippen molar-refractivity contribution in [3.05, 3.63) is 87.7 Å². The molecule has 4 rings (SSSR count). The van der Waals surface area contributed by atoms with Crippen LogP contribution in [0.3, 0.4) is 0 Å². The number of alkyl halides is 5. The molecule has 0 spiro atoms. The Kier molecular flexibility index (Phi) is 7.76. The van der Waals surface area contributed by atoms with Crippen molar-refractivity contribution in [2.24, 2.45) is 0 Å². The number of aryl methyl sites for hydroxylation is 2. The molecule has 0 heterocycles. The fourth-order valence-electron chi connectivity index (χ4n) is 4.95. The number of unbranched alkanes of at least 4 members (excludes halogenated alkanes) is 2. The minimum atomic E-state index is -5.18. The molecular formula is C30H28F8O. The van der Waals surface area contributed by atoms with Crippen LogP contribution in [0.4, 0.5) is 35.1 Å². The summed E-state index contributed by atoms with van der Waals surface area (Å²) in [4.78, 5) is 0. The number of fused-ring (bicyclic) bond motifs is 3. The van der Waals surface area contributed by atoms with E-state index in [4.69, 9.17) is 4.74 Å². The Balaban J connectivity index is 1.76. The van der Waals surface area contributed by atoms with Gasteiger partial charge in [0.1, 0.15) is 11.6 Å². The van der Waals surface area contributed by atoms with Crippen molar-refractivity contribution in [1.29, 1.82) is 0 Å². The molecule has 0 fully saturated rings. The molecule has 3 aromatic rings. The Hall–Kier alpha value is -3.10. The largest absolute Gasteiger partial charge is 0.451 e. The van der Waals surface area contributed by atoms with Gasteiger partial charge in [-0.1, -0.05) is 57.4 Å². The zero-order chi connectivity index (χ0) is 28.8. The SMILES string of the molecule is CCCCCc1ccc(C(C)(F)Oc2ccc3c(c2F)C(F)(F)C(F)(F)c2c-3ccc(CCC)c2F)cc1F. The lowest BCUT2D eigenvalue weighted by atomic mass is 9.78. The van der Waals surface area contributed by atoms with Crippen LogP contribution in [0.5, 0.6) is 5.75 Å². The first-order valence-corrected chi connectivity index (χ1v) is 12.9. The highest BCUT2D eigenvalue weighted by Gasteiger charge is 2.65. The van der Waals surface area contributed by atoms with Crippen molar-refractivity contribution in [3.63, 3.8) is 0 Å². The zero-order valence-electron chi connectivity index (χ0n) is 21.7. The molecule has 0 bridgehead atoms. The second kappa shape index (κ2) is 10.5. The number of halogens is 8. The van der Waals surface area contributed by atoms with Crippen LogP contribution in [-0.2, 0) is 30.5 Å². The molecule has 0 radical (unpaired) electrons. The van der Waals surface area contributed by atoms with Crippen molar-refractivity contribution in [2.75, 3.05) is 0 Å². The smallest absolute Gasteiger partial charge is 0.343 e. The van der Waals surface area contributed by atoms with E-state index in [2.05, 4.69) is 0 Å². The highest BCUT2D eigenvalue weighted by atomic mass is 19.3. The third kappa shape index (κ3) is 4.89. The Labute approximate surface area is 221 Å². The van der Waals surface area contributed by atoms with Crippen LogP contribution >= 0.6 is 0 Å². The molecule has 0 amide bonds. The van der Waals surface area contributed by atoms with Crippen LogP contribution in [0.2, 0.25) is 0 Å². The normalized spacial score (nSPS) is 16.8. The summed E-state index contributed by atoms with van der Waals surface area (Å²) in [5.41, 5.74) is -4.66. The highest BCUT2D eigenvalue weighted by molar-refractivity contribution is 5.77. The third-order valence-electron chi connectivity index (χ3n) is 7.08. The minimum Gasteiger partial charge on any atom is -0.451 e. The molecule has 1 unspecified atom stereocenters. The molecule has 0 aromatic heterocycles. The number of benzene rings is 3. The lowest BCUT2D eigenvalue weighted by Gasteiger charge is -2.36. The molecule has 9 heteroatoms. The Morgan fingerprint density at radius 3 is 1.90 bits per heavy atom. The number of ether oxygens (including phenoxy) is 1. The fraction of sp³-hybridized carbons (Fsp3) is 0.400. The number of hydrogen-bond donors (Lipinski definition) is 0. The highest BCUT2D eigenvalue weighted by Crippen LogP contribution is 2.60. The van der Waals surface area contributed by atoms with Crippen LogP contribution < -0.4 is 4.74 Å². The van der Waals surface area contributed by atoms with Gasteiger partial charge in [-0.05, 0) is 59.7 Å². The van der Waals surface area contributed by atoms with Crippen molar-refractivity contribution >= 4 is 0 Å². The van der Waals surface area contributed by atoms with E-state index in [1.807, 2.05) is 6.92 Å². The quantitative estimate of drug-likeness (QED) is 0.188. The summed E-state index contributed by atoms with van der Waals surface area (Å²) in [6, 6.07) is 7.38. The first-order chi connectivity index (χ1) is 18.3. The van der Waals surface area contributed by atoms with Crippen molar-refractivity contribution in [2.45, 2.75) is 77.0 Å². The maximum Gasteiger partial charge on any atom is 0.343 e. The second-order valence-electron chi connectivity index (χ2n) is 9.94. The van der Waals surface area contributed by atoms with E-state index in [1.165, 1.54) is 18.2 Å². The molecule has 0 saturated carbocycles. The number of hydrogen-bond acceptors (Lipinski definition) is 1. The Morgan fingerprint density at radius 1 is 0.718 bits per heavy atom. The van der Waals surface area contributed by atoms with E-state index in [-0.39, 0.29) is 17.5 Å². The Bertz CT molecular complexity index is 1380. The summed E-state index contributed by atoms with van der Waals surface area (Å²) in [7, 11) is 0. The van der Waals surface area contributed by atoms with E-state index in [9.17, 15) is 4.39 Å². The zero-order valence-corrected chi connectivity index (χ0v) is 21.7. The summed E-state index contributed by atoms with van der Waals surface area (Å²) in [6.45, 7) is 4.49.